The number of carbonyl (C=O) groups is 1. The smallest absolute Gasteiger partial charge is 0.231 e. The molecule has 1 aromatic heterocycles. The summed E-state index contributed by atoms with van der Waals surface area (Å²) in [6, 6.07) is 16.9. The predicted octanol–water partition coefficient (Wildman–Crippen LogP) is 3.70. The number of aromatic amines is 1. The molecule has 0 atom stereocenters. The number of fused-ring (bicyclic) bond motifs is 1. The molecule has 0 aliphatic carbocycles. The van der Waals surface area contributed by atoms with Gasteiger partial charge >= 0.3 is 0 Å². The van der Waals surface area contributed by atoms with Crippen molar-refractivity contribution >= 4 is 11.9 Å². The first-order valence-electron chi connectivity index (χ1n) is 7.52. The van der Waals surface area contributed by atoms with E-state index in [4.69, 9.17) is 9.47 Å². The number of ketones is 1. The van der Waals surface area contributed by atoms with Crippen LogP contribution in [-0.2, 0) is 0 Å². The number of carbonyl (C=O) groups excluding carboxylic acids is 1. The van der Waals surface area contributed by atoms with Gasteiger partial charge in [-0.1, -0.05) is 30.3 Å². The number of aromatic nitrogens is 2. The van der Waals surface area contributed by atoms with Gasteiger partial charge in [-0.05, 0) is 36.4 Å². The van der Waals surface area contributed by atoms with Crippen LogP contribution in [0.25, 0.3) is 17.3 Å². The number of benzene rings is 2. The molecule has 0 amide bonds. The topological polar surface area (TPSA) is 64.2 Å². The van der Waals surface area contributed by atoms with Crippen LogP contribution in [0.4, 0.5) is 0 Å². The van der Waals surface area contributed by atoms with Crippen molar-refractivity contribution in [1.82, 2.24) is 10.2 Å². The van der Waals surface area contributed by atoms with Crippen molar-refractivity contribution in [3.8, 4) is 22.8 Å². The van der Waals surface area contributed by atoms with Crippen molar-refractivity contribution in [2.45, 2.75) is 0 Å². The van der Waals surface area contributed by atoms with Crippen LogP contribution in [0.5, 0.6) is 11.5 Å². The molecule has 24 heavy (non-hydrogen) atoms. The molecule has 5 heteroatoms. The highest BCUT2D eigenvalue weighted by molar-refractivity contribution is 6.07. The van der Waals surface area contributed by atoms with Crippen LogP contribution >= 0.6 is 0 Å². The molecule has 0 saturated heterocycles. The number of nitrogens with zero attached hydrogens (tertiary/aromatic N) is 1. The van der Waals surface area contributed by atoms with Crippen LogP contribution in [0.1, 0.15) is 16.1 Å². The second kappa shape index (κ2) is 6.04. The lowest BCUT2D eigenvalue weighted by molar-refractivity contribution is 0.104. The summed E-state index contributed by atoms with van der Waals surface area (Å²) in [6.07, 6.45) is 3.23. The summed E-state index contributed by atoms with van der Waals surface area (Å²) in [6.45, 7) is 0.194. The molecule has 0 spiro atoms. The third kappa shape index (κ3) is 2.79. The quantitative estimate of drug-likeness (QED) is 0.588. The fourth-order valence-electron chi connectivity index (χ4n) is 2.49. The molecule has 1 aliphatic heterocycles. The maximum Gasteiger partial charge on any atom is 0.231 e. The Hall–Kier alpha value is -3.34. The van der Waals surface area contributed by atoms with Crippen LogP contribution < -0.4 is 9.47 Å². The lowest BCUT2D eigenvalue weighted by atomic mass is 10.1. The van der Waals surface area contributed by atoms with Crippen LogP contribution in [0.3, 0.4) is 0 Å². The summed E-state index contributed by atoms with van der Waals surface area (Å²) in [5, 5.41) is 7.18. The first-order valence-corrected chi connectivity index (χ1v) is 7.52. The van der Waals surface area contributed by atoms with Crippen LogP contribution in [-0.4, -0.2) is 22.8 Å². The average molecular weight is 318 g/mol. The van der Waals surface area contributed by atoms with Gasteiger partial charge in [0.2, 0.25) is 6.79 Å². The number of hydrogen-bond donors (Lipinski definition) is 1. The predicted molar refractivity (Wildman–Crippen MR) is 90.0 cm³/mol. The van der Waals surface area contributed by atoms with Crippen molar-refractivity contribution in [3.63, 3.8) is 0 Å². The van der Waals surface area contributed by atoms with Gasteiger partial charge in [-0.15, -0.1) is 0 Å². The van der Waals surface area contributed by atoms with E-state index in [9.17, 15) is 4.79 Å². The van der Waals surface area contributed by atoms with E-state index in [1.807, 2.05) is 36.4 Å². The Bertz CT molecular complexity index is 913. The largest absolute Gasteiger partial charge is 0.454 e. The fraction of sp³-hybridized carbons (Fsp3) is 0.0526. The van der Waals surface area contributed by atoms with Gasteiger partial charge in [-0.25, -0.2) is 0 Å². The zero-order valence-corrected chi connectivity index (χ0v) is 12.7. The molecule has 0 bridgehead atoms. The van der Waals surface area contributed by atoms with Crippen molar-refractivity contribution in [1.29, 1.82) is 0 Å². The highest BCUT2D eigenvalue weighted by Crippen LogP contribution is 2.32. The Morgan fingerprint density at radius 1 is 1.04 bits per heavy atom. The SMILES string of the molecule is O=C(/C=C/c1cc(-c2ccccc2)n[nH]1)c1ccc2c(c1)OCO2. The monoisotopic (exact) mass is 318 g/mol. The highest BCUT2D eigenvalue weighted by Gasteiger charge is 2.15. The van der Waals surface area contributed by atoms with Gasteiger partial charge < -0.3 is 9.47 Å². The van der Waals surface area contributed by atoms with Gasteiger partial charge in [-0.3, -0.25) is 9.89 Å². The van der Waals surface area contributed by atoms with E-state index in [1.165, 1.54) is 6.08 Å². The zero-order valence-electron chi connectivity index (χ0n) is 12.7. The summed E-state index contributed by atoms with van der Waals surface area (Å²) in [7, 11) is 0. The molecular weight excluding hydrogens is 304 g/mol. The Morgan fingerprint density at radius 3 is 2.75 bits per heavy atom. The number of rotatable bonds is 4. The molecule has 1 N–H and O–H groups in total. The summed E-state index contributed by atoms with van der Waals surface area (Å²) in [5.41, 5.74) is 3.18. The minimum atomic E-state index is -0.107. The normalized spacial score (nSPS) is 12.7. The van der Waals surface area contributed by atoms with Gasteiger partial charge in [0.15, 0.2) is 17.3 Å². The van der Waals surface area contributed by atoms with Gasteiger partial charge in [-0.2, -0.15) is 5.10 Å². The summed E-state index contributed by atoms with van der Waals surface area (Å²) >= 11 is 0. The van der Waals surface area contributed by atoms with E-state index in [-0.39, 0.29) is 12.6 Å². The van der Waals surface area contributed by atoms with E-state index >= 15 is 0 Å². The standard InChI is InChI=1S/C19H14N2O3/c22-17(14-6-9-18-19(10-14)24-12-23-18)8-7-15-11-16(21-20-15)13-4-2-1-3-5-13/h1-11H,12H2,(H,20,21)/b8-7+. The number of nitrogens with one attached hydrogen (secondary N) is 1. The Balaban J connectivity index is 1.51. The number of allylic oxidation sites excluding steroid dienone is 1. The highest BCUT2D eigenvalue weighted by atomic mass is 16.7. The van der Waals surface area contributed by atoms with E-state index in [0.29, 0.717) is 17.1 Å². The molecule has 0 radical (unpaired) electrons. The van der Waals surface area contributed by atoms with Gasteiger partial charge in [0.05, 0.1) is 11.4 Å². The number of H-pyrrole nitrogens is 1. The third-order valence-corrected chi connectivity index (χ3v) is 3.74. The fourth-order valence-corrected chi connectivity index (χ4v) is 2.49. The maximum atomic E-state index is 12.3. The van der Waals surface area contributed by atoms with E-state index < -0.39 is 0 Å². The van der Waals surface area contributed by atoms with Crippen molar-refractivity contribution < 1.29 is 14.3 Å². The molecule has 0 fully saturated rings. The van der Waals surface area contributed by atoms with Gasteiger partial charge in [0, 0.05) is 11.1 Å². The lowest BCUT2D eigenvalue weighted by Gasteiger charge is -1.98. The van der Waals surface area contributed by atoms with Crippen LogP contribution in [0.15, 0.2) is 60.7 Å². The average Bonchev–Trinajstić information content (AvgIpc) is 3.29. The first kappa shape index (κ1) is 14.3. The van der Waals surface area contributed by atoms with Crippen LogP contribution in [0.2, 0.25) is 0 Å². The summed E-state index contributed by atoms with van der Waals surface area (Å²) in [5.74, 6) is 1.16. The first-order chi connectivity index (χ1) is 11.8. The molecule has 2 aromatic carbocycles. The molecule has 0 unspecified atom stereocenters. The van der Waals surface area contributed by atoms with E-state index in [0.717, 1.165) is 17.0 Å². The van der Waals surface area contributed by atoms with E-state index in [1.54, 1.807) is 24.3 Å². The van der Waals surface area contributed by atoms with Gasteiger partial charge in [0.25, 0.3) is 0 Å². The second-order valence-corrected chi connectivity index (χ2v) is 5.34. The molecule has 1 aliphatic rings. The Labute approximate surface area is 138 Å². The van der Waals surface area contributed by atoms with Crippen molar-refractivity contribution in [2.75, 3.05) is 6.79 Å². The molecule has 3 aromatic rings. The second-order valence-electron chi connectivity index (χ2n) is 5.34. The van der Waals surface area contributed by atoms with Crippen molar-refractivity contribution in [3.05, 3.63) is 71.9 Å². The molecular formula is C19H14N2O3. The maximum absolute atomic E-state index is 12.3. The molecule has 0 saturated carbocycles. The lowest BCUT2D eigenvalue weighted by Crippen LogP contribution is -1.94. The Kier molecular flexibility index (Phi) is 3.59. The molecule has 4 rings (SSSR count). The van der Waals surface area contributed by atoms with Gasteiger partial charge in [0.1, 0.15) is 0 Å². The minimum Gasteiger partial charge on any atom is -0.454 e. The number of hydrogen-bond acceptors (Lipinski definition) is 4. The van der Waals surface area contributed by atoms with E-state index in [2.05, 4.69) is 10.2 Å². The molecule has 5 nitrogen and oxygen atoms in total. The molecule has 118 valence electrons. The zero-order chi connectivity index (χ0) is 16.4. The third-order valence-electron chi connectivity index (χ3n) is 3.74. The van der Waals surface area contributed by atoms with Crippen LogP contribution in [0, 0.1) is 0 Å². The Morgan fingerprint density at radius 2 is 1.88 bits per heavy atom. The molecule has 2 heterocycles. The van der Waals surface area contributed by atoms with Crippen molar-refractivity contribution in [2.24, 2.45) is 0 Å². The summed E-state index contributed by atoms with van der Waals surface area (Å²) < 4.78 is 10.5. The number of ether oxygens (including phenoxy) is 2. The summed E-state index contributed by atoms with van der Waals surface area (Å²) in [4.78, 5) is 12.3. The minimum absolute atomic E-state index is 0.107.